The van der Waals surface area contributed by atoms with Gasteiger partial charge in [-0.1, -0.05) is 19.8 Å². The first-order valence-corrected chi connectivity index (χ1v) is 4.60. The molecule has 0 aromatic rings. The molecule has 0 bridgehead atoms. The normalized spacial score (nSPS) is 30.6. The highest BCUT2D eigenvalue weighted by Gasteiger charge is 2.26. The van der Waals surface area contributed by atoms with E-state index in [0.29, 0.717) is 0 Å². The third-order valence-corrected chi connectivity index (χ3v) is 2.64. The van der Waals surface area contributed by atoms with E-state index in [4.69, 9.17) is 0 Å². The number of hydrogen-bond acceptors (Lipinski definition) is 3. The first kappa shape index (κ1) is 7.82. The van der Waals surface area contributed by atoms with Gasteiger partial charge in [0.15, 0.2) is 0 Å². The Balaban J connectivity index is 2.89. The predicted octanol–water partition coefficient (Wildman–Crippen LogP) is 0.872. The van der Waals surface area contributed by atoms with Crippen LogP contribution in [-0.2, 0) is 14.2 Å². The zero-order valence-electron chi connectivity index (χ0n) is 5.94. The Labute approximate surface area is 61.3 Å². The number of allylic oxidation sites excluding steroid dienone is 1. The fourth-order valence-corrected chi connectivity index (χ4v) is 1.81. The molecule has 1 aliphatic heterocycles. The van der Waals surface area contributed by atoms with Crippen molar-refractivity contribution in [3.8, 4) is 0 Å². The van der Waals surface area contributed by atoms with E-state index in [0.717, 1.165) is 5.41 Å². The van der Waals surface area contributed by atoms with Gasteiger partial charge in [-0.05, 0) is 5.82 Å². The summed E-state index contributed by atoms with van der Waals surface area (Å²) in [5.41, 5.74) is 0. The molecule has 3 nitrogen and oxygen atoms in total. The molecular weight excluding hydrogens is 151 g/mol. The van der Waals surface area contributed by atoms with Gasteiger partial charge in [0.25, 0.3) is 10.1 Å². The quantitative estimate of drug-likeness (QED) is 0.493. The summed E-state index contributed by atoms with van der Waals surface area (Å²) >= 11 is 0. The van der Waals surface area contributed by atoms with E-state index in [1.54, 1.807) is 12.9 Å². The van der Waals surface area contributed by atoms with Gasteiger partial charge < -0.3 is 4.10 Å². The molecule has 0 saturated carbocycles. The average Bonchev–Trinajstić information content (AvgIpc) is 1.79. The van der Waals surface area contributed by atoms with Crippen molar-refractivity contribution >= 4 is 17.0 Å². The average molecular weight is 160 g/mol. The van der Waals surface area contributed by atoms with E-state index < -0.39 is 10.1 Å². The first-order valence-electron chi connectivity index (χ1n) is 3.13. The first-order chi connectivity index (χ1) is 4.51. The molecule has 0 N–H and O–H groups in total. The summed E-state index contributed by atoms with van der Waals surface area (Å²) in [5, 5.41) is 1.11. The van der Waals surface area contributed by atoms with Crippen LogP contribution in [0.3, 0.4) is 0 Å². The third-order valence-electron chi connectivity index (χ3n) is 1.58. The van der Waals surface area contributed by atoms with Crippen molar-refractivity contribution in [3.63, 3.8) is 0 Å². The monoisotopic (exact) mass is 160 g/mol. The van der Waals surface area contributed by atoms with Crippen LogP contribution in [0.15, 0.2) is 11.5 Å². The maximum Gasteiger partial charge on any atom is 0.321 e. The Kier molecular flexibility index (Phi) is 1.87. The molecule has 0 aromatic carbocycles. The van der Waals surface area contributed by atoms with E-state index in [1.165, 1.54) is 0 Å². The largest absolute Gasteiger partial charge is 0.330 e. The van der Waals surface area contributed by atoms with Crippen LogP contribution in [0.5, 0.6) is 0 Å². The third kappa shape index (κ3) is 1.61. The van der Waals surface area contributed by atoms with E-state index in [1.807, 2.05) is 6.92 Å². The van der Waals surface area contributed by atoms with Crippen molar-refractivity contribution in [2.45, 2.75) is 19.6 Å². The molecule has 56 valence electrons. The van der Waals surface area contributed by atoms with Crippen LogP contribution in [0, 0.1) is 0 Å². The smallest absolute Gasteiger partial charge is 0.321 e. The minimum atomic E-state index is -3.35. The molecule has 0 spiro atoms. The second-order valence-corrected chi connectivity index (χ2v) is 3.93. The summed E-state index contributed by atoms with van der Waals surface area (Å²) in [6.07, 6.45) is 1.64. The molecular formula is C5H9BO3S. The summed E-state index contributed by atoms with van der Waals surface area (Å²) in [7, 11) is -3.35. The van der Waals surface area contributed by atoms with Crippen LogP contribution in [0.2, 0.25) is 12.6 Å². The van der Waals surface area contributed by atoms with Gasteiger partial charge >= 0.3 is 6.92 Å². The van der Waals surface area contributed by atoms with Gasteiger partial charge in [0.2, 0.25) is 0 Å². The van der Waals surface area contributed by atoms with Gasteiger partial charge in [-0.15, -0.1) is 0 Å². The Hall–Kier alpha value is -0.285. The van der Waals surface area contributed by atoms with E-state index in [-0.39, 0.29) is 12.7 Å². The van der Waals surface area contributed by atoms with Gasteiger partial charge in [-0.3, -0.25) is 0 Å². The molecule has 1 aliphatic rings. The molecule has 1 unspecified atom stereocenters. The van der Waals surface area contributed by atoms with Crippen molar-refractivity contribution in [1.82, 2.24) is 0 Å². The molecule has 0 saturated heterocycles. The highest BCUT2D eigenvalue weighted by atomic mass is 32.2. The summed E-state index contributed by atoms with van der Waals surface area (Å²) in [4.78, 5) is 0. The lowest BCUT2D eigenvalue weighted by molar-refractivity contribution is 0.496. The number of hydrogen-bond donors (Lipinski definition) is 0. The lowest BCUT2D eigenvalue weighted by atomic mass is 9.60. The summed E-state index contributed by atoms with van der Waals surface area (Å²) in [6.45, 7) is 3.43. The highest BCUT2D eigenvalue weighted by molar-refractivity contribution is 7.90. The lowest BCUT2D eigenvalue weighted by Crippen LogP contribution is -2.25. The van der Waals surface area contributed by atoms with E-state index >= 15 is 0 Å². The van der Waals surface area contributed by atoms with Gasteiger partial charge in [0, 0.05) is 0 Å². The Morgan fingerprint density at radius 1 is 1.60 bits per heavy atom. The topological polar surface area (TPSA) is 43.4 Å². The minimum Gasteiger partial charge on any atom is -0.330 e. The Morgan fingerprint density at radius 3 is 2.60 bits per heavy atom. The second kappa shape index (κ2) is 2.40. The zero-order chi connectivity index (χ0) is 7.78. The Morgan fingerprint density at radius 2 is 2.20 bits per heavy atom. The maximum atomic E-state index is 10.7. The molecule has 1 rings (SSSR count). The molecule has 0 fully saturated rings. The van der Waals surface area contributed by atoms with Gasteiger partial charge in [0.1, 0.15) is 0 Å². The molecule has 0 aromatic heterocycles. The fourth-order valence-electron chi connectivity index (χ4n) is 0.708. The van der Waals surface area contributed by atoms with Gasteiger partial charge in [0.05, 0.1) is 5.41 Å². The molecule has 10 heavy (non-hydrogen) atoms. The highest BCUT2D eigenvalue weighted by Crippen LogP contribution is 2.20. The van der Waals surface area contributed by atoms with Crippen LogP contribution in [0.1, 0.15) is 6.92 Å². The zero-order valence-corrected chi connectivity index (χ0v) is 6.76. The van der Waals surface area contributed by atoms with Crippen LogP contribution in [-0.4, -0.2) is 15.3 Å². The van der Waals surface area contributed by atoms with Crippen LogP contribution in [0.25, 0.3) is 0 Å². The lowest BCUT2D eigenvalue weighted by Gasteiger charge is -2.16. The van der Waals surface area contributed by atoms with Crippen LogP contribution in [0.4, 0.5) is 0 Å². The molecule has 0 aliphatic carbocycles. The fraction of sp³-hybridized carbons (Fsp3) is 0.600. The van der Waals surface area contributed by atoms with Crippen molar-refractivity contribution in [1.29, 1.82) is 0 Å². The van der Waals surface area contributed by atoms with Gasteiger partial charge in [-0.25, -0.2) is 0 Å². The van der Waals surface area contributed by atoms with Crippen molar-refractivity contribution in [2.24, 2.45) is 0 Å². The maximum absolute atomic E-state index is 10.7. The van der Waals surface area contributed by atoms with Crippen molar-refractivity contribution < 1.29 is 12.5 Å². The molecule has 1 atom stereocenters. The van der Waals surface area contributed by atoms with E-state index in [9.17, 15) is 8.42 Å². The van der Waals surface area contributed by atoms with Gasteiger partial charge in [-0.2, -0.15) is 8.42 Å². The van der Waals surface area contributed by atoms with E-state index in [2.05, 4.69) is 4.10 Å². The minimum absolute atomic E-state index is 0.184. The summed E-state index contributed by atoms with van der Waals surface area (Å²) < 4.78 is 26.1. The summed E-state index contributed by atoms with van der Waals surface area (Å²) in [5.74, 6) is 0.184. The van der Waals surface area contributed by atoms with Crippen molar-refractivity contribution in [2.75, 3.05) is 0 Å². The second-order valence-electron chi connectivity index (χ2n) is 2.48. The van der Waals surface area contributed by atoms with Crippen molar-refractivity contribution in [3.05, 3.63) is 11.5 Å². The molecule has 0 amide bonds. The summed E-state index contributed by atoms with van der Waals surface area (Å²) in [6, 6.07) is 0. The van der Waals surface area contributed by atoms with Crippen LogP contribution >= 0.6 is 0 Å². The molecule has 1 heterocycles. The molecule has 0 radical (unpaired) electrons. The Bertz CT molecular complexity index is 244. The SMILES string of the molecule is CB1OS(=O)(=O)C=CC1C. The standard InChI is InChI=1S/C5H9BO3S/c1-5-3-4-10(7,8)9-6(5)2/h3-5H,1-2H3. The predicted molar refractivity (Wildman–Crippen MR) is 40.2 cm³/mol. The molecule has 5 heteroatoms. The van der Waals surface area contributed by atoms with Crippen LogP contribution < -0.4 is 0 Å². The number of rotatable bonds is 0.